The van der Waals surface area contributed by atoms with Gasteiger partial charge in [-0.1, -0.05) is 75.6 Å². The van der Waals surface area contributed by atoms with E-state index in [0.717, 1.165) is 6.42 Å². The van der Waals surface area contributed by atoms with E-state index in [1.807, 2.05) is 0 Å². The van der Waals surface area contributed by atoms with Crippen molar-refractivity contribution in [2.45, 2.75) is 78.2 Å². The van der Waals surface area contributed by atoms with Crippen molar-refractivity contribution in [1.82, 2.24) is 0 Å². The van der Waals surface area contributed by atoms with Gasteiger partial charge in [0.15, 0.2) is 0 Å². The van der Waals surface area contributed by atoms with Crippen LogP contribution in [0.1, 0.15) is 81.0 Å². The molecule has 0 fully saturated rings. The van der Waals surface area contributed by atoms with E-state index in [4.69, 9.17) is 5.73 Å². The van der Waals surface area contributed by atoms with Gasteiger partial charge in [-0.3, -0.25) is 0 Å². The molecular weight excluding hydrogens is 230 g/mol. The Morgan fingerprint density at radius 1 is 0.947 bits per heavy atom. The maximum absolute atomic E-state index is 6.31. The van der Waals surface area contributed by atoms with Crippen molar-refractivity contribution in [3.63, 3.8) is 0 Å². The van der Waals surface area contributed by atoms with Crippen LogP contribution >= 0.6 is 0 Å². The van der Waals surface area contributed by atoms with Crippen LogP contribution < -0.4 is 5.73 Å². The second kappa shape index (κ2) is 9.14. The Balaban J connectivity index is 2.22. The van der Waals surface area contributed by atoms with Crippen LogP contribution in [-0.4, -0.2) is 0 Å². The molecule has 0 bridgehead atoms. The van der Waals surface area contributed by atoms with Gasteiger partial charge in [-0.2, -0.15) is 0 Å². The molecule has 1 atom stereocenters. The molecular formula is C18H31N. The minimum absolute atomic E-state index is 0.219. The maximum Gasteiger partial charge on any atom is 0.0297 e. The molecule has 2 N–H and O–H groups in total. The summed E-state index contributed by atoms with van der Waals surface area (Å²) < 4.78 is 0. The van der Waals surface area contributed by atoms with Gasteiger partial charge in [0.25, 0.3) is 0 Å². The van der Waals surface area contributed by atoms with Crippen LogP contribution in [0.25, 0.3) is 0 Å². The van der Waals surface area contributed by atoms with Crippen molar-refractivity contribution in [2.24, 2.45) is 5.73 Å². The fraction of sp³-hybridized carbons (Fsp3) is 0.667. The molecule has 0 amide bonds. The lowest BCUT2D eigenvalue weighted by molar-refractivity contribution is 0.540. The Labute approximate surface area is 119 Å². The van der Waals surface area contributed by atoms with Gasteiger partial charge >= 0.3 is 0 Å². The quantitative estimate of drug-likeness (QED) is 0.588. The van der Waals surface area contributed by atoms with Crippen molar-refractivity contribution in [3.05, 3.63) is 34.9 Å². The SMILES string of the molecule is CCCCCCCCCC(N)c1ccc(C)cc1C. The molecule has 0 aliphatic rings. The number of hydrogen-bond acceptors (Lipinski definition) is 1. The monoisotopic (exact) mass is 261 g/mol. The van der Waals surface area contributed by atoms with Crippen LogP contribution in [0.4, 0.5) is 0 Å². The summed E-state index contributed by atoms with van der Waals surface area (Å²) >= 11 is 0. The summed E-state index contributed by atoms with van der Waals surface area (Å²) in [5.41, 5.74) is 10.3. The lowest BCUT2D eigenvalue weighted by atomic mass is 9.95. The van der Waals surface area contributed by atoms with Gasteiger partial charge in [0.2, 0.25) is 0 Å². The van der Waals surface area contributed by atoms with E-state index in [2.05, 4.69) is 39.0 Å². The van der Waals surface area contributed by atoms with Crippen molar-refractivity contribution in [3.8, 4) is 0 Å². The first kappa shape index (κ1) is 16.2. The number of hydrogen-bond donors (Lipinski definition) is 1. The third-order valence-corrected chi connectivity index (χ3v) is 3.94. The number of unbranched alkanes of at least 4 members (excludes halogenated alkanes) is 6. The van der Waals surface area contributed by atoms with E-state index in [1.165, 1.54) is 61.6 Å². The first-order valence-corrected chi connectivity index (χ1v) is 7.98. The van der Waals surface area contributed by atoms with E-state index in [-0.39, 0.29) is 6.04 Å². The summed E-state index contributed by atoms with van der Waals surface area (Å²) in [6.07, 6.45) is 10.6. The lowest BCUT2D eigenvalue weighted by Gasteiger charge is -2.15. The first-order valence-electron chi connectivity index (χ1n) is 7.98. The second-order valence-electron chi connectivity index (χ2n) is 5.88. The Bertz CT molecular complexity index is 357. The average Bonchev–Trinajstić information content (AvgIpc) is 2.37. The van der Waals surface area contributed by atoms with E-state index in [1.54, 1.807) is 0 Å². The predicted molar refractivity (Wildman–Crippen MR) is 85.5 cm³/mol. The molecule has 0 saturated heterocycles. The van der Waals surface area contributed by atoms with Crippen LogP contribution in [0.2, 0.25) is 0 Å². The molecule has 1 unspecified atom stereocenters. The zero-order valence-electron chi connectivity index (χ0n) is 13.0. The molecule has 1 rings (SSSR count). The molecule has 0 spiro atoms. The first-order chi connectivity index (χ1) is 9.15. The van der Waals surface area contributed by atoms with Crippen LogP contribution in [0.15, 0.2) is 18.2 Å². The van der Waals surface area contributed by atoms with E-state index in [0.29, 0.717) is 0 Å². The van der Waals surface area contributed by atoms with Crippen molar-refractivity contribution in [2.75, 3.05) is 0 Å². The molecule has 1 heteroatoms. The van der Waals surface area contributed by atoms with Gasteiger partial charge in [0, 0.05) is 6.04 Å². The predicted octanol–water partition coefficient (Wildman–Crippen LogP) is 5.44. The van der Waals surface area contributed by atoms with E-state index in [9.17, 15) is 0 Å². The van der Waals surface area contributed by atoms with Gasteiger partial charge in [-0.05, 0) is 31.4 Å². The van der Waals surface area contributed by atoms with Gasteiger partial charge in [0.05, 0.1) is 0 Å². The zero-order chi connectivity index (χ0) is 14.1. The zero-order valence-corrected chi connectivity index (χ0v) is 13.0. The van der Waals surface area contributed by atoms with E-state index < -0.39 is 0 Å². The maximum atomic E-state index is 6.31. The summed E-state index contributed by atoms with van der Waals surface area (Å²) in [5.74, 6) is 0. The molecule has 1 aromatic carbocycles. The molecule has 0 saturated carbocycles. The van der Waals surface area contributed by atoms with Gasteiger partial charge < -0.3 is 5.73 Å². The summed E-state index contributed by atoms with van der Waals surface area (Å²) in [4.78, 5) is 0. The van der Waals surface area contributed by atoms with Gasteiger partial charge in [0.1, 0.15) is 0 Å². The second-order valence-corrected chi connectivity index (χ2v) is 5.88. The lowest BCUT2D eigenvalue weighted by Crippen LogP contribution is -2.11. The van der Waals surface area contributed by atoms with Crippen LogP contribution in [-0.2, 0) is 0 Å². The van der Waals surface area contributed by atoms with Crippen molar-refractivity contribution < 1.29 is 0 Å². The van der Waals surface area contributed by atoms with Crippen LogP contribution in [0.5, 0.6) is 0 Å². The average molecular weight is 261 g/mol. The van der Waals surface area contributed by atoms with Crippen LogP contribution in [0.3, 0.4) is 0 Å². The molecule has 19 heavy (non-hydrogen) atoms. The molecule has 0 aliphatic heterocycles. The number of benzene rings is 1. The minimum atomic E-state index is 0.219. The standard InChI is InChI=1S/C18H31N/c1-4-5-6-7-8-9-10-11-18(19)17-13-12-15(2)14-16(17)3/h12-14,18H,4-11,19H2,1-3H3. The highest BCUT2D eigenvalue weighted by molar-refractivity contribution is 5.32. The Morgan fingerprint density at radius 3 is 2.21 bits per heavy atom. The number of aryl methyl sites for hydroxylation is 2. The molecule has 1 aromatic rings. The smallest absolute Gasteiger partial charge is 0.0297 e. The highest BCUT2D eigenvalue weighted by Crippen LogP contribution is 2.22. The number of nitrogens with two attached hydrogens (primary N) is 1. The summed E-state index contributed by atoms with van der Waals surface area (Å²) in [6, 6.07) is 6.83. The fourth-order valence-corrected chi connectivity index (χ4v) is 2.72. The summed E-state index contributed by atoms with van der Waals surface area (Å²) in [5, 5.41) is 0. The molecule has 0 radical (unpaired) electrons. The van der Waals surface area contributed by atoms with Crippen molar-refractivity contribution >= 4 is 0 Å². The fourth-order valence-electron chi connectivity index (χ4n) is 2.72. The Kier molecular flexibility index (Phi) is 7.81. The molecule has 0 aliphatic carbocycles. The molecule has 1 nitrogen and oxygen atoms in total. The number of rotatable bonds is 9. The highest BCUT2D eigenvalue weighted by Gasteiger charge is 2.08. The van der Waals surface area contributed by atoms with Gasteiger partial charge in [-0.15, -0.1) is 0 Å². The third kappa shape index (κ3) is 6.24. The van der Waals surface area contributed by atoms with Crippen LogP contribution in [0, 0.1) is 13.8 Å². The summed E-state index contributed by atoms with van der Waals surface area (Å²) in [6.45, 7) is 6.58. The normalized spacial score (nSPS) is 12.6. The topological polar surface area (TPSA) is 26.0 Å². The molecule has 108 valence electrons. The Morgan fingerprint density at radius 2 is 1.58 bits per heavy atom. The van der Waals surface area contributed by atoms with E-state index >= 15 is 0 Å². The summed E-state index contributed by atoms with van der Waals surface area (Å²) in [7, 11) is 0. The third-order valence-electron chi connectivity index (χ3n) is 3.94. The van der Waals surface area contributed by atoms with Gasteiger partial charge in [-0.25, -0.2) is 0 Å². The minimum Gasteiger partial charge on any atom is -0.324 e. The molecule has 0 aromatic heterocycles. The molecule has 0 heterocycles. The highest BCUT2D eigenvalue weighted by atomic mass is 14.6. The largest absolute Gasteiger partial charge is 0.324 e. The van der Waals surface area contributed by atoms with Crippen molar-refractivity contribution in [1.29, 1.82) is 0 Å². The Hall–Kier alpha value is -0.820.